The highest BCUT2D eigenvalue weighted by atomic mass is 127. The summed E-state index contributed by atoms with van der Waals surface area (Å²) in [6, 6.07) is 0. The third-order valence-electron chi connectivity index (χ3n) is 3.73. The number of hydrogen-bond acceptors (Lipinski definition) is 1. The van der Waals surface area contributed by atoms with E-state index in [1.165, 1.54) is 62.2 Å². The summed E-state index contributed by atoms with van der Waals surface area (Å²) in [5.41, 5.74) is 0.280. The van der Waals surface area contributed by atoms with Crippen molar-refractivity contribution in [3.05, 3.63) is 0 Å². The molecule has 0 heterocycles. The van der Waals surface area contributed by atoms with Crippen LogP contribution in [0.1, 0.15) is 57.8 Å². The SMILES string of the molecule is ICC1(OC2CCCCC2)CCCC1. The molecule has 2 rings (SSSR count). The third-order valence-corrected chi connectivity index (χ3v) is 5.12. The molecule has 0 saturated heterocycles. The maximum Gasteiger partial charge on any atom is 0.0775 e. The molecule has 82 valence electrons. The fraction of sp³-hybridized carbons (Fsp3) is 1.00. The molecule has 0 aromatic rings. The molecule has 0 aliphatic heterocycles. The molecule has 0 atom stereocenters. The first-order valence-corrected chi connectivity index (χ1v) is 7.61. The first-order chi connectivity index (χ1) is 6.85. The molecule has 0 amide bonds. The van der Waals surface area contributed by atoms with E-state index in [9.17, 15) is 0 Å². The van der Waals surface area contributed by atoms with Gasteiger partial charge in [-0.25, -0.2) is 0 Å². The Morgan fingerprint density at radius 1 is 1.00 bits per heavy atom. The Hall–Kier alpha value is 0.690. The Morgan fingerprint density at radius 2 is 1.64 bits per heavy atom. The molecule has 0 radical (unpaired) electrons. The molecular formula is C12H21IO. The van der Waals surface area contributed by atoms with Crippen molar-refractivity contribution in [2.75, 3.05) is 4.43 Å². The van der Waals surface area contributed by atoms with Gasteiger partial charge in [0.15, 0.2) is 0 Å². The number of rotatable bonds is 3. The molecule has 0 bridgehead atoms. The Kier molecular flexibility index (Phi) is 4.11. The summed E-state index contributed by atoms with van der Waals surface area (Å²) in [6.45, 7) is 0. The second kappa shape index (κ2) is 5.15. The van der Waals surface area contributed by atoms with E-state index in [0.717, 1.165) is 0 Å². The van der Waals surface area contributed by atoms with Crippen molar-refractivity contribution in [1.82, 2.24) is 0 Å². The first kappa shape index (κ1) is 11.2. The molecule has 2 aliphatic rings. The van der Waals surface area contributed by atoms with Crippen LogP contribution in [0.15, 0.2) is 0 Å². The minimum absolute atomic E-state index is 0.280. The fourth-order valence-electron chi connectivity index (χ4n) is 2.84. The Labute approximate surface area is 101 Å². The van der Waals surface area contributed by atoms with Crippen molar-refractivity contribution in [2.24, 2.45) is 0 Å². The van der Waals surface area contributed by atoms with Crippen LogP contribution in [0.25, 0.3) is 0 Å². The van der Waals surface area contributed by atoms with Crippen LogP contribution in [0.4, 0.5) is 0 Å². The predicted molar refractivity (Wildman–Crippen MR) is 68.0 cm³/mol. The zero-order chi connectivity index (χ0) is 9.86. The Balaban J connectivity index is 1.86. The third kappa shape index (κ3) is 2.63. The average molecular weight is 308 g/mol. The van der Waals surface area contributed by atoms with Crippen molar-refractivity contribution in [1.29, 1.82) is 0 Å². The van der Waals surface area contributed by atoms with Crippen LogP contribution >= 0.6 is 22.6 Å². The molecule has 0 spiro atoms. The van der Waals surface area contributed by atoms with Crippen LogP contribution in [0, 0.1) is 0 Å². The van der Waals surface area contributed by atoms with E-state index in [4.69, 9.17) is 4.74 Å². The summed E-state index contributed by atoms with van der Waals surface area (Å²) in [4.78, 5) is 0. The molecular weight excluding hydrogens is 287 g/mol. The van der Waals surface area contributed by atoms with Gasteiger partial charge in [-0.1, -0.05) is 54.7 Å². The summed E-state index contributed by atoms with van der Waals surface area (Å²) in [5.74, 6) is 0. The first-order valence-electron chi connectivity index (χ1n) is 6.08. The molecule has 14 heavy (non-hydrogen) atoms. The summed E-state index contributed by atoms with van der Waals surface area (Å²) >= 11 is 2.51. The monoisotopic (exact) mass is 308 g/mol. The molecule has 0 aromatic heterocycles. The molecule has 2 fully saturated rings. The number of ether oxygens (including phenoxy) is 1. The van der Waals surface area contributed by atoms with Crippen LogP contribution in [-0.2, 0) is 4.74 Å². The lowest BCUT2D eigenvalue weighted by molar-refractivity contribution is -0.0859. The minimum atomic E-state index is 0.280. The Morgan fingerprint density at radius 3 is 2.21 bits per heavy atom. The van der Waals surface area contributed by atoms with Crippen LogP contribution in [0.2, 0.25) is 0 Å². The summed E-state index contributed by atoms with van der Waals surface area (Å²) in [6.07, 6.45) is 12.8. The van der Waals surface area contributed by atoms with E-state index < -0.39 is 0 Å². The van der Waals surface area contributed by atoms with Gasteiger partial charge in [0.2, 0.25) is 0 Å². The van der Waals surface area contributed by atoms with Crippen molar-refractivity contribution >= 4 is 22.6 Å². The van der Waals surface area contributed by atoms with Crippen LogP contribution in [0.5, 0.6) is 0 Å². The Bertz CT molecular complexity index is 169. The normalized spacial score (nSPS) is 28.1. The highest BCUT2D eigenvalue weighted by molar-refractivity contribution is 14.1. The predicted octanol–water partition coefficient (Wildman–Crippen LogP) is 4.08. The molecule has 2 heteroatoms. The molecule has 1 nitrogen and oxygen atoms in total. The van der Waals surface area contributed by atoms with Crippen LogP contribution in [0.3, 0.4) is 0 Å². The van der Waals surface area contributed by atoms with Gasteiger partial charge < -0.3 is 4.74 Å². The fourth-order valence-corrected chi connectivity index (χ4v) is 3.78. The maximum absolute atomic E-state index is 6.38. The summed E-state index contributed by atoms with van der Waals surface area (Å²) < 4.78 is 7.58. The number of hydrogen-bond donors (Lipinski definition) is 0. The highest BCUT2D eigenvalue weighted by Gasteiger charge is 2.36. The summed E-state index contributed by atoms with van der Waals surface area (Å²) in [5, 5.41) is 0. The summed E-state index contributed by atoms with van der Waals surface area (Å²) in [7, 11) is 0. The average Bonchev–Trinajstić information content (AvgIpc) is 2.69. The van der Waals surface area contributed by atoms with Gasteiger partial charge in [0.05, 0.1) is 11.7 Å². The quantitative estimate of drug-likeness (QED) is 0.564. The van der Waals surface area contributed by atoms with E-state index in [1.807, 2.05) is 0 Å². The van der Waals surface area contributed by atoms with Gasteiger partial charge in [-0.3, -0.25) is 0 Å². The van der Waals surface area contributed by atoms with Crippen molar-refractivity contribution in [2.45, 2.75) is 69.5 Å². The minimum Gasteiger partial charge on any atom is -0.371 e. The van der Waals surface area contributed by atoms with Gasteiger partial charge in [-0.15, -0.1) is 0 Å². The van der Waals surface area contributed by atoms with E-state index in [1.54, 1.807) is 0 Å². The molecule has 2 saturated carbocycles. The van der Waals surface area contributed by atoms with Gasteiger partial charge in [0.25, 0.3) is 0 Å². The van der Waals surface area contributed by atoms with E-state index >= 15 is 0 Å². The standard InChI is InChI=1S/C12H21IO/c13-10-12(8-4-5-9-12)14-11-6-2-1-3-7-11/h11H,1-10H2. The topological polar surface area (TPSA) is 9.23 Å². The van der Waals surface area contributed by atoms with Gasteiger partial charge in [0.1, 0.15) is 0 Å². The van der Waals surface area contributed by atoms with E-state index in [-0.39, 0.29) is 5.60 Å². The molecule has 0 aromatic carbocycles. The zero-order valence-electron chi connectivity index (χ0n) is 8.93. The zero-order valence-corrected chi connectivity index (χ0v) is 11.1. The van der Waals surface area contributed by atoms with Crippen molar-refractivity contribution < 1.29 is 4.74 Å². The van der Waals surface area contributed by atoms with Crippen molar-refractivity contribution in [3.8, 4) is 0 Å². The van der Waals surface area contributed by atoms with Crippen LogP contribution < -0.4 is 0 Å². The van der Waals surface area contributed by atoms with Gasteiger partial charge in [-0.2, -0.15) is 0 Å². The lowest BCUT2D eigenvalue weighted by Crippen LogP contribution is -2.36. The second-order valence-electron chi connectivity index (χ2n) is 4.90. The van der Waals surface area contributed by atoms with Gasteiger partial charge in [-0.05, 0) is 25.7 Å². The highest BCUT2D eigenvalue weighted by Crippen LogP contribution is 2.38. The number of halogens is 1. The van der Waals surface area contributed by atoms with Gasteiger partial charge in [0, 0.05) is 4.43 Å². The largest absolute Gasteiger partial charge is 0.371 e. The maximum atomic E-state index is 6.38. The molecule has 0 N–H and O–H groups in total. The van der Waals surface area contributed by atoms with E-state index in [0.29, 0.717) is 6.10 Å². The molecule has 2 aliphatic carbocycles. The second-order valence-corrected chi connectivity index (χ2v) is 5.66. The smallest absolute Gasteiger partial charge is 0.0775 e. The molecule has 0 unspecified atom stereocenters. The van der Waals surface area contributed by atoms with E-state index in [2.05, 4.69) is 22.6 Å². The number of alkyl halides is 1. The lowest BCUT2D eigenvalue weighted by atomic mass is 9.96. The lowest BCUT2D eigenvalue weighted by Gasteiger charge is -2.34. The van der Waals surface area contributed by atoms with Gasteiger partial charge >= 0.3 is 0 Å². The van der Waals surface area contributed by atoms with Crippen molar-refractivity contribution in [3.63, 3.8) is 0 Å². The van der Waals surface area contributed by atoms with Crippen LogP contribution in [-0.4, -0.2) is 16.1 Å².